The number of benzene rings is 2. The van der Waals surface area contributed by atoms with Crippen LogP contribution in [0.5, 0.6) is 5.75 Å². The van der Waals surface area contributed by atoms with Crippen LogP contribution in [0.15, 0.2) is 41.4 Å². The maximum absolute atomic E-state index is 13.6. The van der Waals surface area contributed by atoms with Gasteiger partial charge < -0.3 is 14.4 Å². The van der Waals surface area contributed by atoms with Gasteiger partial charge in [0.1, 0.15) is 23.7 Å². The molecule has 6 heteroatoms. The Labute approximate surface area is 153 Å². The molecule has 0 unspecified atom stereocenters. The van der Waals surface area contributed by atoms with Crippen molar-refractivity contribution < 1.29 is 18.7 Å². The van der Waals surface area contributed by atoms with Gasteiger partial charge in [-0.2, -0.15) is 0 Å². The summed E-state index contributed by atoms with van der Waals surface area (Å²) in [6.45, 7) is 4.56. The lowest BCUT2D eigenvalue weighted by Crippen LogP contribution is -2.14. The van der Waals surface area contributed by atoms with Crippen LogP contribution in [-0.2, 0) is 11.3 Å². The van der Waals surface area contributed by atoms with Crippen molar-refractivity contribution in [3.8, 4) is 5.75 Å². The fraction of sp³-hybridized carbons (Fsp3) is 0.300. The van der Waals surface area contributed by atoms with E-state index in [1.807, 2.05) is 25.8 Å². The molecule has 0 atom stereocenters. The Hall–Kier alpha value is -2.89. The second kappa shape index (κ2) is 8.99. The van der Waals surface area contributed by atoms with Crippen LogP contribution in [-0.4, -0.2) is 37.9 Å². The molecular weight excluding hydrogens is 335 g/mol. The van der Waals surface area contributed by atoms with E-state index < -0.39 is 11.8 Å². The van der Waals surface area contributed by atoms with E-state index in [-0.39, 0.29) is 12.2 Å². The van der Waals surface area contributed by atoms with Crippen molar-refractivity contribution in [1.29, 1.82) is 0 Å². The quantitative estimate of drug-likeness (QED) is 0.425. The maximum atomic E-state index is 13.6. The summed E-state index contributed by atoms with van der Waals surface area (Å²) >= 11 is 0. The van der Waals surface area contributed by atoms with Crippen LogP contribution in [0.1, 0.15) is 28.4 Å². The summed E-state index contributed by atoms with van der Waals surface area (Å²) < 4.78 is 24.2. The van der Waals surface area contributed by atoms with E-state index in [0.29, 0.717) is 17.0 Å². The van der Waals surface area contributed by atoms with Crippen molar-refractivity contribution in [3.05, 3.63) is 58.9 Å². The maximum Gasteiger partial charge on any atom is 0.342 e. The molecule has 0 aromatic heterocycles. The lowest BCUT2D eigenvalue weighted by atomic mass is 10.1. The minimum absolute atomic E-state index is 0.144. The van der Waals surface area contributed by atoms with Gasteiger partial charge in [-0.3, -0.25) is 0 Å². The van der Waals surface area contributed by atoms with Gasteiger partial charge in [-0.25, -0.2) is 14.2 Å². The summed E-state index contributed by atoms with van der Waals surface area (Å²) in [5.41, 5.74) is 2.11. The van der Waals surface area contributed by atoms with E-state index in [2.05, 4.69) is 4.99 Å². The molecule has 0 aliphatic rings. The summed E-state index contributed by atoms with van der Waals surface area (Å²) in [6, 6.07) is 9.54. The highest BCUT2D eigenvalue weighted by molar-refractivity contribution is 5.93. The second-order valence-corrected chi connectivity index (χ2v) is 5.82. The topological polar surface area (TPSA) is 51.1 Å². The number of rotatable bonds is 7. The number of ether oxygens (including phenoxy) is 2. The number of carbonyl (C=O) groups is 1. The van der Waals surface area contributed by atoms with E-state index in [1.165, 1.54) is 13.2 Å². The molecule has 0 bridgehead atoms. The van der Waals surface area contributed by atoms with E-state index in [0.717, 1.165) is 12.1 Å². The normalized spacial score (nSPS) is 10.8. The highest BCUT2D eigenvalue weighted by Crippen LogP contribution is 2.29. The predicted molar refractivity (Wildman–Crippen MR) is 99.7 cm³/mol. The van der Waals surface area contributed by atoms with Crippen LogP contribution in [0.3, 0.4) is 0 Å². The molecule has 0 spiro atoms. The smallest absolute Gasteiger partial charge is 0.342 e. The molecule has 0 fully saturated rings. The SMILES string of the molecule is CCN(C)/C=N/c1cc(OC)c(C(=O)OCc2ccccc2F)cc1C. The Bertz CT molecular complexity index is 806. The number of hydrogen-bond acceptors (Lipinski definition) is 4. The van der Waals surface area contributed by atoms with E-state index >= 15 is 0 Å². The molecule has 0 heterocycles. The molecule has 0 N–H and O–H groups in total. The molecular formula is C20H23FN2O3. The van der Waals surface area contributed by atoms with Crippen molar-refractivity contribution in [2.24, 2.45) is 4.99 Å². The van der Waals surface area contributed by atoms with Crippen molar-refractivity contribution in [2.75, 3.05) is 20.7 Å². The zero-order chi connectivity index (χ0) is 19.1. The number of nitrogens with zero attached hydrogens (tertiary/aromatic N) is 2. The Morgan fingerprint density at radius 3 is 2.69 bits per heavy atom. The van der Waals surface area contributed by atoms with E-state index in [1.54, 1.807) is 36.7 Å². The molecule has 0 radical (unpaired) electrons. The molecule has 0 saturated carbocycles. The lowest BCUT2D eigenvalue weighted by Gasteiger charge is -2.13. The third kappa shape index (κ3) is 4.81. The number of esters is 1. The summed E-state index contributed by atoms with van der Waals surface area (Å²) in [7, 11) is 3.40. The third-order valence-electron chi connectivity index (χ3n) is 3.95. The van der Waals surface area contributed by atoms with Gasteiger partial charge in [-0.05, 0) is 31.5 Å². The number of aryl methyl sites for hydroxylation is 1. The Morgan fingerprint density at radius 2 is 2.04 bits per heavy atom. The van der Waals surface area contributed by atoms with Gasteiger partial charge in [0, 0.05) is 25.2 Å². The predicted octanol–water partition coefficient (Wildman–Crippen LogP) is 4.11. The fourth-order valence-electron chi connectivity index (χ4n) is 2.22. The molecule has 5 nitrogen and oxygen atoms in total. The average Bonchev–Trinajstić information content (AvgIpc) is 2.65. The average molecular weight is 358 g/mol. The van der Waals surface area contributed by atoms with E-state index in [9.17, 15) is 9.18 Å². The molecule has 26 heavy (non-hydrogen) atoms. The first-order valence-corrected chi connectivity index (χ1v) is 8.29. The van der Waals surface area contributed by atoms with Crippen LogP contribution in [0.4, 0.5) is 10.1 Å². The standard InChI is InChI=1S/C20H23FN2O3/c1-5-23(3)13-22-18-11-19(25-4)16(10-14(18)2)20(24)26-12-15-8-6-7-9-17(15)21/h6-11,13H,5,12H2,1-4H3/b22-13+. The van der Waals surface area contributed by atoms with Crippen molar-refractivity contribution in [1.82, 2.24) is 4.90 Å². The van der Waals surface area contributed by atoms with Crippen LogP contribution >= 0.6 is 0 Å². The molecule has 2 rings (SSSR count). The largest absolute Gasteiger partial charge is 0.496 e. The van der Waals surface area contributed by atoms with Crippen molar-refractivity contribution in [3.63, 3.8) is 0 Å². The number of methoxy groups -OCH3 is 1. The van der Waals surface area contributed by atoms with Gasteiger partial charge in [-0.15, -0.1) is 0 Å². The lowest BCUT2D eigenvalue weighted by molar-refractivity contribution is 0.0465. The van der Waals surface area contributed by atoms with Crippen molar-refractivity contribution >= 4 is 18.0 Å². The number of hydrogen-bond donors (Lipinski definition) is 0. The highest BCUT2D eigenvalue weighted by Gasteiger charge is 2.17. The summed E-state index contributed by atoms with van der Waals surface area (Å²) in [4.78, 5) is 18.8. The third-order valence-corrected chi connectivity index (χ3v) is 3.95. The van der Waals surface area contributed by atoms with Gasteiger partial charge in [0.15, 0.2) is 0 Å². The Balaban J connectivity index is 2.20. The molecule has 0 aliphatic heterocycles. The minimum atomic E-state index is -0.575. The summed E-state index contributed by atoms with van der Waals surface area (Å²) in [6.07, 6.45) is 1.72. The van der Waals surface area contributed by atoms with E-state index in [4.69, 9.17) is 9.47 Å². The number of carbonyl (C=O) groups excluding carboxylic acids is 1. The summed E-state index contributed by atoms with van der Waals surface area (Å²) in [5, 5.41) is 0. The van der Waals surface area contributed by atoms with Crippen LogP contribution < -0.4 is 4.74 Å². The minimum Gasteiger partial charge on any atom is -0.496 e. The highest BCUT2D eigenvalue weighted by atomic mass is 19.1. The Morgan fingerprint density at radius 1 is 1.31 bits per heavy atom. The van der Waals surface area contributed by atoms with Crippen LogP contribution in [0, 0.1) is 12.7 Å². The Kier molecular flexibility index (Phi) is 6.72. The number of aliphatic imine (C=N–C) groups is 1. The second-order valence-electron chi connectivity index (χ2n) is 5.82. The fourth-order valence-corrected chi connectivity index (χ4v) is 2.22. The van der Waals surface area contributed by atoms with Gasteiger partial charge in [0.05, 0.1) is 19.1 Å². The number of halogens is 1. The molecule has 0 saturated heterocycles. The van der Waals surface area contributed by atoms with Crippen molar-refractivity contribution in [2.45, 2.75) is 20.5 Å². The summed E-state index contributed by atoms with van der Waals surface area (Å²) in [5.74, 6) is -0.622. The molecule has 2 aromatic rings. The first kappa shape index (κ1) is 19.4. The van der Waals surface area contributed by atoms with Crippen LogP contribution in [0.25, 0.3) is 0 Å². The van der Waals surface area contributed by atoms with Gasteiger partial charge in [-0.1, -0.05) is 18.2 Å². The molecule has 138 valence electrons. The molecule has 0 amide bonds. The molecule has 0 aliphatic carbocycles. The monoisotopic (exact) mass is 358 g/mol. The van der Waals surface area contributed by atoms with Crippen LogP contribution in [0.2, 0.25) is 0 Å². The first-order chi connectivity index (χ1) is 12.5. The first-order valence-electron chi connectivity index (χ1n) is 8.29. The van der Waals surface area contributed by atoms with Gasteiger partial charge in [0.2, 0.25) is 0 Å². The zero-order valence-corrected chi connectivity index (χ0v) is 15.5. The molecule has 2 aromatic carbocycles. The van der Waals surface area contributed by atoms with Gasteiger partial charge in [0.25, 0.3) is 0 Å². The van der Waals surface area contributed by atoms with Gasteiger partial charge >= 0.3 is 5.97 Å². The zero-order valence-electron chi connectivity index (χ0n) is 15.5.